The summed E-state index contributed by atoms with van der Waals surface area (Å²) >= 11 is 1.49. The number of nitrogens with one attached hydrogen (secondary N) is 1. The van der Waals surface area contributed by atoms with Gasteiger partial charge in [0.2, 0.25) is 5.91 Å². The zero-order chi connectivity index (χ0) is 13.1. The van der Waals surface area contributed by atoms with Crippen molar-refractivity contribution >= 4 is 29.3 Å². The molecular weight excluding hydrogens is 250 g/mol. The Labute approximate surface area is 110 Å². The molecule has 1 aromatic carbocycles. The Morgan fingerprint density at radius 2 is 2.33 bits per heavy atom. The summed E-state index contributed by atoms with van der Waals surface area (Å²) in [5.41, 5.74) is 1.76. The molecule has 96 valence electrons. The second-order valence-electron chi connectivity index (χ2n) is 4.08. The standard InChI is InChI=1S/C13H15NO3S/c1-3-9(13(16)17-2)8-4-5-10-11(6-8)18-7-12(15)14-10/h4-6,9H,3,7H2,1-2H3,(H,14,15). The molecule has 1 N–H and O–H groups in total. The van der Waals surface area contributed by atoms with E-state index in [-0.39, 0.29) is 17.8 Å². The third-order valence-electron chi connectivity index (χ3n) is 2.93. The van der Waals surface area contributed by atoms with Crippen molar-refractivity contribution in [2.24, 2.45) is 0 Å². The van der Waals surface area contributed by atoms with Gasteiger partial charge in [-0.1, -0.05) is 13.0 Å². The van der Waals surface area contributed by atoms with Crippen LogP contribution < -0.4 is 5.32 Å². The Kier molecular flexibility index (Phi) is 3.91. The molecule has 4 nitrogen and oxygen atoms in total. The number of ether oxygens (including phenoxy) is 1. The van der Waals surface area contributed by atoms with Crippen molar-refractivity contribution in [3.63, 3.8) is 0 Å². The number of benzene rings is 1. The molecule has 0 saturated carbocycles. The molecule has 1 aromatic rings. The van der Waals surface area contributed by atoms with E-state index in [0.717, 1.165) is 16.1 Å². The average molecular weight is 265 g/mol. The first kappa shape index (κ1) is 13.0. The normalized spacial score (nSPS) is 15.6. The Balaban J connectivity index is 2.30. The number of amides is 1. The van der Waals surface area contributed by atoms with Gasteiger partial charge in [-0.05, 0) is 24.1 Å². The van der Waals surface area contributed by atoms with E-state index in [9.17, 15) is 9.59 Å². The van der Waals surface area contributed by atoms with Crippen LogP contribution in [0.2, 0.25) is 0 Å². The number of anilines is 1. The first-order valence-corrected chi connectivity index (χ1v) is 6.78. The molecule has 0 saturated heterocycles. The lowest BCUT2D eigenvalue weighted by Crippen LogP contribution is -2.19. The fourth-order valence-electron chi connectivity index (χ4n) is 1.99. The predicted molar refractivity (Wildman–Crippen MR) is 70.8 cm³/mol. The lowest BCUT2D eigenvalue weighted by Gasteiger charge is -2.19. The van der Waals surface area contributed by atoms with Crippen molar-refractivity contribution in [2.45, 2.75) is 24.2 Å². The van der Waals surface area contributed by atoms with Crippen molar-refractivity contribution < 1.29 is 14.3 Å². The topological polar surface area (TPSA) is 55.4 Å². The molecule has 1 heterocycles. The largest absolute Gasteiger partial charge is 0.469 e. The number of hydrogen-bond acceptors (Lipinski definition) is 4. The quantitative estimate of drug-likeness (QED) is 0.853. The molecule has 0 bridgehead atoms. The maximum Gasteiger partial charge on any atom is 0.313 e. The lowest BCUT2D eigenvalue weighted by molar-refractivity contribution is -0.142. The molecule has 0 fully saturated rings. The van der Waals surface area contributed by atoms with Gasteiger partial charge in [-0.3, -0.25) is 9.59 Å². The van der Waals surface area contributed by atoms with Gasteiger partial charge in [0, 0.05) is 4.90 Å². The van der Waals surface area contributed by atoms with Gasteiger partial charge in [0.05, 0.1) is 24.5 Å². The lowest BCUT2D eigenvalue weighted by atomic mass is 9.96. The Bertz CT molecular complexity index is 487. The highest BCUT2D eigenvalue weighted by Gasteiger charge is 2.22. The highest BCUT2D eigenvalue weighted by Crippen LogP contribution is 2.34. The molecular formula is C13H15NO3S. The van der Waals surface area contributed by atoms with Gasteiger partial charge >= 0.3 is 5.97 Å². The van der Waals surface area contributed by atoms with Crippen molar-refractivity contribution in [1.29, 1.82) is 0 Å². The predicted octanol–water partition coefficient (Wildman–Crippen LogP) is 2.40. The third kappa shape index (κ3) is 2.51. The van der Waals surface area contributed by atoms with E-state index in [4.69, 9.17) is 4.74 Å². The molecule has 0 aromatic heterocycles. The number of rotatable bonds is 3. The fraction of sp³-hybridized carbons (Fsp3) is 0.385. The van der Waals surface area contributed by atoms with Gasteiger partial charge in [0.1, 0.15) is 0 Å². The zero-order valence-corrected chi connectivity index (χ0v) is 11.2. The van der Waals surface area contributed by atoms with Crippen LogP contribution in [0.1, 0.15) is 24.8 Å². The van der Waals surface area contributed by atoms with Crippen LogP contribution in [0.25, 0.3) is 0 Å². The first-order valence-electron chi connectivity index (χ1n) is 5.80. The van der Waals surface area contributed by atoms with Crippen molar-refractivity contribution in [3.05, 3.63) is 23.8 Å². The smallest absolute Gasteiger partial charge is 0.313 e. The highest BCUT2D eigenvalue weighted by atomic mass is 32.2. The van der Waals surface area contributed by atoms with Crippen LogP contribution in [0.5, 0.6) is 0 Å². The third-order valence-corrected chi connectivity index (χ3v) is 3.99. The van der Waals surface area contributed by atoms with Crippen LogP contribution in [0.15, 0.2) is 23.1 Å². The van der Waals surface area contributed by atoms with Gasteiger partial charge in [-0.25, -0.2) is 0 Å². The minimum atomic E-state index is -0.237. The SMILES string of the molecule is CCC(C(=O)OC)c1ccc2c(c1)SCC(=O)N2. The number of thioether (sulfide) groups is 1. The van der Waals surface area contributed by atoms with Crippen LogP contribution in [0.4, 0.5) is 5.69 Å². The minimum absolute atomic E-state index is 0.0141. The van der Waals surface area contributed by atoms with Gasteiger partial charge in [0.15, 0.2) is 0 Å². The number of fused-ring (bicyclic) bond motifs is 1. The summed E-state index contributed by atoms with van der Waals surface area (Å²) in [4.78, 5) is 23.9. The molecule has 1 aliphatic rings. The van der Waals surface area contributed by atoms with Crippen LogP contribution in [0, 0.1) is 0 Å². The summed E-state index contributed by atoms with van der Waals surface area (Å²) in [5, 5.41) is 2.81. The van der Waals surface area contributed by atoms with Gasteiger partial charge in [0.25, 0.3) is 0 Å². The molecule has 0 aliphatic carbocycles. The second-order valence-corrected chi connectivity index (χ2v) is 5.09. The van der Waals surface area contributed by atoms with Crippen LogP contribution in [-0.4, -0.2) is 24.7 Å². The molecule has 5 heteroatoms. The van der Waals surface area contributed by atoms with Gasteiger partial charge in [-0.15, -0.1) is 11.8 Å². The number of carbonyl (C=O) groups excluding carboxylic acids is 2. The maximum absolute atomic E-state index is 11.7. The summed E-state index contributed by atoms with van der Waals surface area (Å²) < 4.78 is 4.80. The molecule has 0 spiro atoms. The van der Waals surface area contributed by atoms with Crippen molar-refractivity contribution in [3.8, 4) is 0 Å². The molecule has 1 atom stereocenters. The van der Waals surface area contributed by atoms with E-state index in [1.165, 1.54) is 18.9 Å². The second kappa shape index (κ2) is 5.44. The summed E-state index contributed by atoms with van der Waals surface area (Å²) in [6.07, 6.45) is 0.697. The fourth-order valence-corrected chi connectivity index (χ4v) is 2.84. The maximum atomic E-state index is 11.7. The summed E-state index contributed by atoms with van der Waals surface area (Å²) in [6.45, 7) is 1.95. The number of carbonyl (C=O) groups is 2. The van der Waals surface area contributed by atoms with E-state index in [1.807, 2.05) is 25.1 Å². The molecule has 18 heavy (non-hydrogen) atoms. The van der Waals surface area contributed by atoms with Crippen molar-refractivity contribution in [1.82, 2.24) is 0 Å². The van der Waals surface area contributed by atoms with E-state index in [0.29, 0.717) is 12.2 Å². The Morgan fingerprint density at radius 1 is 1.56 bits per heavy atom. The molecule has 1 amide bonds. The van der Waals surface area contributed by atoms with E-state index < -0.39 is 0 Å². The van der Waals surface area contributed by atoms with Crippen molar-refractivity contribution in [2.75, 3.05) is 18.2 Å². The molecule has 1 aliphatic heterocycles. The average Bonchev–Trinajstić information content (AvgIpc) is 2.39. The Hall–Kier alpha value is -1.49. The number of methoxy groups -OCH3 is 1. The van der Waals surface area contributed by atoms with Crippen LogP contribution in [0.3, 0.4) is 0 Å². The van der Waals surface area contributed by atoms with Crippen LogP contribution in [-0.2, 0) is 14.3 Å². The molecule has 1 unspecified atom stereocenters. The molecule has 2 rings (SSSR count). The summed E-state index contributed by atoms with van der Waals surface area (Å²) in [7, 11) is 1.40. The van der Waals surface area contributed by atoms with Gasteiger partial charge in [-0.2, -0.15) is 0 Å². The minimum Gasteiger partial charge on any atom is -0.469 e. The zero-order valence-electron chi connectivity index (χ0n) is 10.4. The van der Waals surface area contributed by atoms with E-state index in [1.54, 1.807) is 0 Å². The Morgan fingerprint density at radius 3 is 3.00 bits per heavy atom. The summed E-state index contributed by atoms with van der Waals surface area (Å²) in [5.74, 6) is -0.0213. The number of hydrogen-bond donors (Lipinski definition) is 1. The molecule has 0 radical (unpaired) electrons. The highest BCUT2D eigenvalue weighted by molar-refractivity contribution is 8.00. The number of esters is 1. The van der Waals surface area contributed by atoms with E-state index >= 15 is 0 Å². The first-order chi connectivity index (χ1) is 8.65. The monoisotopic (exact) mass is 265 g/mol. The van der Waals surface area contributed by atoms with Gasteiger partial charge < -0.3 is 10.1 Å². The summed E-state index contributed by atoms with van der Waals surface area (Å²) in [6, 6.07) is 5.68. The van der Waals surface area contributed by atoms with E-state index in [2.05, 4.69) is 5.32 Å². The van der Waals surface area contributed by atoms with Crippen LogP contribution >= 0.6 is 11.8 Å².